The SMILES string of the molecule is BrCc1ccccc1-n1cccc1. The fraction of sp³-hybridized carbons (Fsp3) is 0.0909. The lowest BCUT2D eigenvalue weighted by molar-refractivity contribution is 1.06. The second kappa shape index (κ2) is 3.79. The standard InChI is InChI=1S/C11H10BrN/c12-9-10-5-1-2-6-11(10)13-7-3-4-8-13/h1-8H,9H2. The van der Waals surface area contributed by atoms with Crippen LogP contribution in [0.4, 0.5) is 0 Å². The normalized spacial score (nSPS) is 10.2. The molecule has 0 aliphatic rings. The molecule has 0 spiro atoms. The summed E-state index contributed by atoms with van der Waals surface area (Å²) >= 11 is 3.48. The van der Waals surface area contributed by atoms with Crippen LogP contribution in [0.15, 0.2) is 48.8 Å². The average Bonchev–Trinajstić information content (AvgIpc) is 2.70. The summed E-state index contributed by atoms with van der Waals surface area (Å²) in [6.07, 6.45) is 4.11. The highest BCUT2D eigenvalue weighted by atomic mass is 79.9. The maximum absolute atomic E-state index is 3.48. The van der Waals surface area contributed by atoms with Crippen molar-refractivity contribution < 1.29 is 0 Å². The van der Waals surface area contributed by atoms with E-state index in [1.807, 2.05) is 12.1 Å². The third-order valence-electron chi connectivity index (χ3n) is 2.02. The smallest absolute Gasteiger partial charge is 0.0489 e. The number of halogens is 1. The molecule has 66 valence electrons. The fourth-order valence-electron chi connectivity index (χ4n) is 1.37. The van der Waals surface area contributed by atoms with E-state index in [1.54, 1.807) is 0 Å². The molecule has 2 rings (SSSR count). The van der Waals surface area contributed by atoms with Gasteiger partial charge in [0.1, 0.15) is 0 Å². The van der Waals surface area contributed by atoms with Crippen LogP contribution in [-0.4, -0.2) is 4.57 Å². The van der Waals surface area contributed by atoms with Crippen LogP contribution in [0.3, 0.4) is 0 Å². The van der Waals surface area contributed by atoms with E-state index in [0.29, 0.717) is 0 Å². The van der Waals surface area contributed by atoms with Crippen LogP contribution >= 0.6 is 15.9 Å². The van der Waals surface area contributed by atoms with E-state index in [2.05, 4.69) is 57.2 Å². The number of alkyl halides is 1. The van der Waals surface area contributed by atoms with Crippen LogP contribution in [0, 0.1) is 0 Å². The maximum atomic E-state index is 3.48. The number of benzene rings is 1. The minimum absolute atomic E-state index is 0.890. The molecule has 0 amide bonds. The lowest BCUT2D eigenvalue weighted by Crippen LogP contribution is -1.94. The van der Waals surface area contributed by atoms with Crippen molar-refractivity contribution in [3.63, 3.8) is 0 Å². The van der Waals surface area contributed by atoms with Crippen LogP contribution in [0.1, 0.15) is 5.56 Å². The maximum Gasteiger partial charge on any atom is 0.0489 e. The molecule has 1 aromatic heterocycles. The zero-order valence-corrected chi connectivity index (χ0v) is 8.74. The Morgan fingerprint density at radius 3 is 2.38 bits per heavy atom. The second-order valence-electron chi connectivity index (χ2n) is 2.85. The highest BCUT2D eigenvalue weighted by Crippen LogP contribution is 2.16. The summed E-state index contributed by atoms with van der Waals surface area (Å²) in [5, 5.41) is 0.890. The van der Waals surface area contributed by atoms with Crippen molar-refractivity contribution in [2.45, 2.75) is 5.33 Å². The molecule has 2 aromatic rings. The molecule has 1 heterocycles. The highest BCUT2D eigenvalue weighted by molar-refractivity contribution is 9.08. The van der Waals surface area contributed by atoms with Gasteiger partial charge in [0.05, 0.1) is 0 Å². The first kappa shape index (κ1) is 8.57. The molecule has 1 aromatic carbocycles. The Kier molecular flexibility index (Phi) is 2.50. The van der Waals surface area contributed by atoms with Gasteiger partial charge in [-0.05, 0) is 23.8 Å². The van der Waals surface area contributed by atoms with Crippen LogP contribution in [-0.2, 0) is 5.33 Å². The second-order valence-corrected chi connectivity index (χ2v) is 3.41. The predicted molar refractivity (Wildman–Crippen MR) is 58.4 cm³/mol. The molecule has 0 fully saturated rings. The topological polar surface area (TPSA) is 4.93 Å². The molecule has 0 N–H and O–H groups in total. The van der Waals surface area contributed by atoms with Gasteiger partial charge in [0.2, 0.25) is 0 Å². The number of rotatable bonds is 2. The zero-order chi connectivity index (χ0) is 9.10. The van der Waals surface area contributed by atoms with Gasteiger partial charge in [0.15, 0.2) is 0 Å². The summed E-state index contributed by atoms with van der Waals surface area (Å²) in [5.74, 6) is 0. The number of hydrogen-bond donors (Lipinski definition) is 0. The number of aromatic nitrogens is 1. The summed E-state index contributed by atoms with van der Waals surface area (Å²) in [6, 6.07) is 12.4. The van der Waals surface area contributed by atoms with Gasteiger partial charge in [-0.1, -0.05) is 34.1 Å². The van der Waals surface area contributed by atoms with E-state index >= 15 is 0 Å². The van der Waals surface area contributed by atoms with E-state index in [9.17, 15) is 0 Å². The van der Waals surface area contributed by atoms with Gasteiger partial charge in [0, 0.05) is 23.4 Å². The first-order valence-corrected chi connectivity index (χ1v) is 5.31. The molecule has 2 heteroatoms. The Labute approximate surface area is 86.1 Å². The van der Waals surface area contributed by atoms with Crippen molar-refractivity contribution >= 4 is 15.9 Å². The van der Waals surface area contributed by atoms with Gasteiger partial charge in [-0.25, -0.2) is 0 Å². The van der Waals surface area contributed by atoms with E-state index < -0.39 is 0 Å². The number of hydrogen-bond acceptors (Lipinski definition) is 0. The lowest BCUT2D eigenvalue weighted by atomic mass is 10.2. The number of nitrogens with zero attached hydrogens (tertiary/aromatic N) is 1. The minimum Gasteiger partial charge on any atom is -0.324 e. The summed E-state index contributed by atoms with van der Waals surface area (Å²) in [4.78, 5) is 0. The van der Waals surface area contributed by atoms with E-state index in [0.717, 1.165) is 5.33 Å². The average molecular weight is 236 g/mol. The van der Waals surface area contributed by atoms with Crippen molar-refractivity contribution in [1.29, 1.82) is 0 Å². The van der Waals surface area contributed by atoms with Crippen molar-refractivity contribution in [2.75, 3.05) is 0 Å². The Morgan fingerprint density at radius 1 is 1.00 bits per heavy atom. The molecule has 0 atom stereocenters. The van der Waals surface area contributed by atoms with Crippen LogP contribution in [0.25, 0.3) is 5.69 Å². The van der Waals surface area contributed by atoms with E-state index in [-0.39, 0.29) is 0 Å². The van der Waals surface area contributed by atoms with Gasteiger partial charge in [-0.2, -0.15) is 0 Å². The highest BCUT2D eigenvalue weighted by Gasteiger charge is 1.99. The van der Waals surface area contributed by atoms with Crippen molar-refractivity contribution in [1.82, 2.24) is 4.57 Å². The number of para-hydroxylation sites is 1. The van der Waals surface area contributed by atoms with Gasteiger partial charge in [-0.15, -0.1) is 0 Å². The first-order chi connectivity index (χ1) is 6.42. The predicted octanol–water partition coefficient (Wildman–Crippen LogP) is 3.37. The molecular formula is C11H10BrN. The molecule has 13 heavy (non-hydrogen) atoms. The lowest BCUT2D eigenvalue weighted by Gasteiger charge is -2.07. The van der Waals surface area contributed by atoms with Crippen LogP contribution in [0.5, 0.6) is 0 Å². The Morgan fingerprint density at radius 2 is 1.69 bits per heavy atom. The quantitative estimate of drug-likeness (QED) is 0.704. The summed E-state index contributed by atoms with van der Waals surface area (Å²) in [5.41, 5.74) is 2.54. The van der Waals surface area contributed by atoms with Gasteiger partial charge in [-0.3, -0.25) is 0 Å². The molecule has 0 unspecified atom stereocenters. The summed E-state index contributed by atoms with van der Waals surface area (Å²) in [6.45, 7) is 0. The van der Waals surface area contributed by atoms with E-state index in [4.69, 9.17) is 0 Å². The molecule has 1 nitrogen and oxygen atoms in total. The molecular weight excluding hydrogens is 226 g/mol. The molecule has 0 aliphatic carbocycles. The fourth-order valence-corrected chi connectivity index (χ4v) is 1.85. The molecule has 0 aliphatic heterocycles. The van der Waals surface area contributed by atoms with Gasteiger partial charge < -0.3 is 4.57 Å². The van der Waals surface area contributed by atoms with Crippen LogP contribution < -0.4 is 0 Å². The minimum atomic E-state index is 0.890. The molecule has 0 saturated heterocycles. The third-order valence-corrected chi connectivity index (χ3v) is 2.62. The monoisotopic (exact) mass is 235 g/mol. The third kappa shape index (κ3) is 1.68. The van der Waals surface area contributed by atoms with Gasteiger partial charge in [0.25, 0.3) is 0 Å². The first-order valence-electron chi connectivity index (χ1n) is 4.19. The largest absolute Gasteiger partial charge is 0.324 e. The van der Waals surface area contributed by atoms with Crippen molar-refractivity contribution in [3.8, 4) is 5.69 Å². The van der Waals surface area contributed by atoms with Crippen molar-refractivity contribution in [3.05, 3.63) is 54.4 Å². The van der Waals surface area contributed by atoms with Crippen molar-refractivity contribution in [2.24, 2.45) is 0 Å². The Balaban J connectivity index is 2.51. The van der Waals surface area contributed by atoms with E-state index in [1.165, 1.54) is 11.3 Å². The Bertz CT molecular complexity index is 379. The molecule has 0 radical (unpaired) electrons. The summed E-state index contributed by atoms with van der Waals surface area (Å²) in [7, 11) is 0. The Hall–Kier alpha value is -1.02. The molecule has 0 bridgehead atoms. The zero-order valence-electron chi connectivity index (χ0n) is 7.15. The van der Waals surface area contributed by atoms with Crippen LogP contribution in [0.2, 0.25) is 0 Å². The molecule has 0 saturated carbocycles. The van der Waals surface area contributed by atoms with Gasteiger partial charge >= 0.3 is 0 Å². The summed E-state index contributed by atoms with van der Waals surface area (Å²) < 4.78 is 2.12.